The smallest absolute Gasteiger partial charge is 0.217 e. The normalized spacial score (nSPS) is 16.8. The van der Waals surface area contributed by atoms with Gasteiger partial charge in [0.05, 0.1) is 13.8 Å². The summed E-state index contributed by atoms with van der Waals surface area (Å²) in [6, 6.07) is 7.83. The van der Waals surface area contributed by atoms with Gasteiger partial charge in [-0.25, -0.2) is 4.68 Å². The number of nitrogens with one attached hydrogen (secondary N) is 1. The van der Waals surface area contributed by atoms with E-state index in [0.29, 0.717) is 4.77 Å². The number of piperidine rings is 1. The van der Waals surface area contributed by atoms with Crippen molar-refractivity contribution in [3.8, 4) is 17.1 Å². The topological polar surface area (TPSA) is 46.1 Å². The average Bonchev–Trinajstić information content (AvgIpc) is 2.91. The fourth-order valence-electron chi connectivity index (χ4n) is 2.73. The molecule has 1 aliphatic rings. The summed E-state index contributed by atoms with van der Waals surface area (Å²) in [5, 5.41) is 3.31. The highest BCUT2D eigenvalue weighted by atomic mass is 32.1. The molecule has 5 nitrogen and oxygen atoms in total. The van der Waals surface area contributed by atoms with Gasteiger partial charge in [0.2, 0.25) is 4.77 Å². The summed E-state index contributed by atoms with van der Waals surface area (Å²) in [5.41, 5.74) is 1.01. The Hall–Kier alpha value is -1.66. The van der Waals surface area contributed by atoms with Gasteiger partial charge < -0.3 is 4.74 Å². The Bertz CT molecular complexity index is 668. The molecule has 1 aromatic carbocycles. The quantitative estimate of drug-likeness (QED) is 0.879. The standard InChI is InChI=1S/C16H22N4OS/c1-12-7-9-19(10-8-12)11-20-16(22)17-15(18-20)13-3-5-14(21-2)6-4-13/h3-6,12H,7-11H2,1-2H3,(H,17,18,22). The van der Waals surface area contributed by atoms with Crippen LogP contribution in [0.25, 0.3) is 11.4 Å². The van der Waals surface area contributed by atoms with Gasteiger partial charge in [0.25, 0.3) is 0 Å². The summed E-state index contributed by atoms with van der Waals surface area (Å²) >= 11 is 5.38. The molecule has 0 spiro atoms. The Labute approximate surface area is 135 Å². The molecule has 0 aliphatic carbocycles. The number of hydrogen-bond acceptors (Lipinski definition) is 4. The predicted octanol–water partition coefficient (Wildman–Crippen LogP) is 3.31. The van der Waals surface area contributed by atoms with Gasteiger partial charge in [-0.05, 0) is 55.2 Å². The number of aromatic amines is 1. The van der Waals surface area contributed by atoms with Gasteiger partial charge in [-0.1, -0.05) is 6.92 Å². The van der Waals surface area contributed by atoms with Gasteiger partial charge in [0.1, 0.15) is 5.75 Å². The summed E-state index contributed by atoms with van der Waals surface area (Å²) in [4.78, 5) is 6.89. The van der Waals surface area contributed by atoms with Crippen LogP contribution in [0.1, 0.15) is 19.8 Å². The van der Waals surface area contributed by atoms with Gasteiger partial charge in [-0.15, -0.1) is 0 Å². The van der Waals surface area contributed by atoms with Gasteiger partial charge >= 0.3 is 0 Å². The number of likely N-dealkylation sites (tertiary alicyclic amines) is 1. The van der Waals surface area contributed by atoms with Crippen molar-refractivity contribution in [2.45, 2.75) is 26.4 Å². The van der Waals surface area contributed by atoms with Crippen molar-refractivity contribution >= 4 is 12.2 Å². The third-order valence-corrected chi connectivity index (χ3v) is 4.57. The molecule has 3 rings (SSSR count). The van der Waals surface area contributed by atoms with E-state index < -0.39 is 0 Å². The number of ether oxygens (including phenoxy) is 1. The predicted molar refractivity (Wildman–Crippen MR) is 89.4 cm³/mol. The largest absolute Gasteiger partial charge is 0.497 e. The zero-order chi connectivity index (χ0) is 15.5. The Morgan fingerprint density at radius 1 is 1.27 bits per heavy atom. The minimum Gasteiger partial charge on any atom is -0.497 e. The highest BCUT2D eigenvalue weighted by molar-refractivity contribution is 7.71. The van der Waals surface area contributed by atoms with E-state index >= 15 is 0 Å². The first-order valence-electron chi connectivity index (χ1n) is 7.69. The highest BCUT2D eigenvalue weighted by Crippen LogP contribution is 2.20. The van der Waals surface area contributed by atoms with Gasteiger partial charge in [0, 0.05) is 18.7 Å². The van der Waals surface area contributed by atoms with E-state index in [1.165, 1.54) is 12.8 Å². The molecule has 0 bridgehead atoms. The van der Waals surface area contributed by atoms with Crippen molar-refractivity contribution in [3.63, 3.8) is 0 Å². The summed E-state index contributed by atoms with van der Waals surface area (Å²) in [5.74, 6) is 2.48. The molecule has 1 N–H and O–H groups in total. The van der Waals surface area contributed by atoms with Crippen LogP contribution in [-0.2, 0) is 6.67 Å². The Balaban J connectivity index is 1.74. The number of methoxy groups -OCH3 is 1. The third-order valence-electron chi connectivity index (χ3n) is 4.26. The first kappa shape index (κ1) is 15.2. The van der Waals surface area contributed by atoms with Crippen molar-refractivity contribution in [1.29, 1.82) is 0 Å². The lowest BCUT2D eigenvalue weighted by atomic mass is 10.00. The van der Waals surface area contributed by atoms with Crippen molar-refractivity contribution < 1.29 is 4.74 Å². The second-order valence-electron chi connectivity index (χ2n) is 5.95. The fourth-order valence-corrected chi connectivity index (χ4v) is 2.93. The van der Waals surface area contributed by atoms with Crippen LogP contribution in [0.15, 0.2) is 24.3 Å². The number of nitrogens with zero attached hydrogens (tertiary/aromatic N) is 3. The maximum atomic E-state index is 5.38. The van der Waals surface area contributed by atoms with Crippen molar-refractivity contribution in [2.24, 2.45) is 5.92 Å². The molecule has 0 unspecified atom stereocenters. The lowest BCUT2D eigenvalue weighted by Crippen LogP contribution is -2.34. The summed E-state index contributed by atoms with van der Waals surface area (Å²) < 4.78 is 7.73. The van der Waals surface area contributed by atoms with Crippen LogP contribution in [0.2, 0.25) is 0 Å². The van der Waals surface area contributed by atoms with Crippen LogP contribution >= 0.6 is 12.2 Å². The summed E-state index contributed by atoms with van der Waals surface area (Å²) in [6.07, 6.45) is 2.51. The molecule has 1 aliphatic heterocycles. The molecule has 118 valence electrons. The molecule has 1 aromatic heterocycles. The maximum Gasteiger partial charge on any atom is 0.217 e. The lowest BCUT2D eigenvalue weighted by molar-refractivity contribution is 0.146. The van der Waals surface area contributed by atoms with Gasteiger partial charge in [-0.2, -0.15) is 4.98 Å². The Kier molecular flexibility index (Phi) is 4.59. The Morgan fingerprint density at radius 3 is 2.59 bits per heavy atom. The van der Waals surface area contributed by atoms with E-state index in [-0.39, 0.29) is 0 Å². The second kappa shape index (κ2) is 6.62. The molecule has 0 saturated carbocycles. The van der Waals surface area contributed by atoms with E-state index in [1.54, 1.807) is 7.11 Å². The average molecular weight is 318 g/mol. The molecule has 1 saturated heterocycles. The van der Waals surface area contributed by atoms with Crippen LogP contribution in [-0.4, -0.2) is 39.9 Å². The zero-order valence-corrected chi connectivity index (χ0v) is 13.9. The summed E-state index contributed by atoms with van der Waals surface area (Å²) in [6.45, 7) is 5.36. The minimum absolute atomic E-state index is 0.601. The number of hydrogen-bond donors (Lipinski definition) is 1. The molecule has 2 aromatic rings. The fraction of sp³-hybridized carbons (Fsp3) is 0.500. The van der Waals surface area contributed by atoms with Crippen LogP contribution in [0.4, 0.5) is 0 Å². The molecule has 2 heterocycles. The van der Waals surface area contributed by atoms with Crippen molar-refractivity contribution in [2.75, 3.05) is 20.2 Å². The molecule has 0 atom stereocenters. The van der Waals surface area contributed by atoms with Gasteiger partial charge in [-0.3, -0.25) is 10.00 Å². The van der Waals surface area contributed by atoms with E-state index in [2.05, 4.69) is 21.9 Å². The minimum atomic E-state index is 0.601. The van der Waals surface area contributed by atoms with E-state index in [0.717, 1.165) is 42.8 Å². The van der Waals surface area contributed by atoms with E-state index in [4.69, 9.17) is 17.0 Å². The van der Waals surface area contributed by atoms with Crippen LogP contribution in [0, 0.1) is 10.7 Å². The number of aromatic nitrogens is 3. The zero-order valence-electron chi connectivity index (χ0n) is 13.1. The maximum absolute atomic E-state index is 5.38. The number of rotatable bonds is 4. The van der Waals surface area contributed by atoms with E-state index in [9.17, 15) is 0 Å². The molecular weight excluding hydrogens is 296 g/mol. The molecule has 1 fully saturated rings. The Morgan fingerprint density at radius 2 is 1.95 bits per heavy atom. The molecule has 0 amide bonds. The first-order chi connectivity index (χ1) is 10.7. The third kappa shape index (κ3) is 3.39. The van der Waals surface area contributed by atoms with Crippen LogP contribution in [0.5, 0.6) is 5.75 Å². The van der Waals surface area contributed by atoms with Crippen molar-refractivity contribution in [1.82, 2.24) is 19.7 Å². The SMILES string of the molecule is COc1ccc(-c2nc(=S)n(CN3CCC(C)CC3)[nH]2)cc1. The lowest BCUT2D eigenvalue weighted by Gasteiger charge is -2.29. The number of benzene rings is 1. The molecular formula is C16H22N4OS. The van der Waals surface area contributed by atoms with E-state index in [1.807, 2.05) is 28.9 Å². The van der Waals surface area contributed by atoms with Crippen LogP contribution in [0.3, 0.4) is 0 Å². The first-order valence-corrected chi connectivity index (χ1v) is 8.10. The number of H-pyrrole nitrogens is 1. The highest BCUT2D eigenvalue weighted by Gasteiger charge is 2.16. The second-order valence-corrected chi connectivity index (χ2v) is 6.32. The monoisotopic (exact) mass is 318 g/mol. The molecule has 22 heavy (non-hydrogen) atoms. The molecule has 0 radical (unpaired) electrons. The van der Waals surface area contributed by atoms with Gasteiger partial charge in [0.15, 0.2) is 5.82 Å². The van der Waals surface area contributed by atoms with Crippen molar-refractivity contribution in [3.05, 3.63) is 29.0 Å². The molecule has 6 heteroatoms. The summed E-state index contributed by atoms with van der Waals surface area (Å²) in [7, 11) is 1.66. The van der Waals surface area contributed by atoms with Crippen LogP contribution < -0.4 is 4.74 Å².